The highest BCUT2D eigenvalue weighted by atomic mass is 16.1. The molecule has 1 nitrogen and oxygen atoms in total. The van der Waals surface area contributed by atoms with Crippen LogP contribution in [0.5, 0.6) is 0 Å². The second-order valence-corrected chi connectivity index (χ2v) is 4.66. The molecule has 0 aromatic heterocycles. The Kier molecular flexibility index (Phi) is 5.19. The minimum absolute atomic E-state index is 0.406. The quantitative estimate of drug-likeness (QED) is 0.576. The SMILES string of the molecule is CCC(=O)CCCCC(C)(C)C. The smallest absolute Gasteiger partial charge is 0.132 e. The first-order valence-corrected chi connectivity index (χ1v) is 4.97. The van der Waals surface area contributed by atoms with Crippen molar-refractivity contribution in [2.75, 3.05) is 0 Å². The lowest BCUT2D eigenvalue weighted by molar-refractivity contribution is -0.118. The van der Waals surface area contributed by atoms with Crippen LogP contribution in [0.2, 0.25) is 0 Å². The van der Waals surface area contributed by atoms with Gasteiger partial charge in [0.15, 0.2) is 0 Å². The largest absolute Gasteiger partial charge is 0.300 e. The van der Waals surface area contributed by atoms with Crippen LogP contribution in [0.4, 0.5) is 0 Å². The summed E-state index contributed by atoms with van der Waals surface area (Å²) in [5.41, 5.74) is 0.426. The average Bonchev–Trinajstić information content (AvgIpc) is 1.96. The lowest BCUT2D eigenvalue weighted by Crippen LogP contribution is -2.04. The van der Waals surface area contributed by atoms with E-state index in [0.717, 1.165) is 12.8 Å². The monoisotopic (exact) mass is 170 g/mol. The second kappa shape index (κ2) is 5.34. The highest BCUT2D eigenvalue weighted by Crippen LogP contribution is 2.21. The highest BCUT2D eigenvalue weighted by Gasteiger charge is 2.09. The number of hydrogen-bond donors (Lipinski definition) is 0. The first kappa shape index (κ1) is 11.7. The molecule has 0 radical (unpaired) electrons. The standard InChI is InChI=1S/C11H22O/c1-5-10(12)8-6-7-9-11(2,3)4/h5-9H2,1-4H3. The number of carbonyl (C=O) groups excluding carboxylic acids is 1. The van der Waals surface area contributed by atoms with E-state index in [4.69, 9.17) is 0 Å². The molecule has 12 heavy (non-hydrogen) atoms. The van der Waals surface area contributed by atoms with E-state index in [-0.39, 0.29) is 0 Å². The van der Waals surface area contributed by atoms with E-state index in [1.165, 1.54) is 12.8 Å². The van der Waals surface area contributed by atoms with Crippen molar-refractivity contribution in [3.8, 4) is 0 Å². The fourth-order valence-corrected chi connectivity index (χ4v) is 1.15. The first-order chi connectivity index (χ1) is 5.45. The van der Waals surface area contributed by atoms with Gasteiger partial charge in [0.2, 0.25) is 0 Å². The Morgan fingerprint density at radius 2 is 1.75 bits per heavy atom. The molecular formula is C11H22O. The zero-order valence-electron chi connectivity index (χ0n) is 8.94. The maximum atomic E-state index is 10.9. The van der Waals surface area contributed by atoms with E-state index in [2.05, 4.69) is 20.8 Å². The third-order valence-electron chi connectivity index (χ3n) is 2.03. The number of hydrogen-bond acceptors (Lipinski definition) is 1. The molecule has 0 atom stereocenters. The number of Topliss-reactive ketones (excluding diaryl/α,β-unsaturated/α-hetero) is 1. The molecule has 0 heterocycles. The van der Waals surface area contributed by atoms with E-state index < -0.39 is 0 Å². The maximum absolute atomic E-state index is 10.9. The predicted molar refractivity (Wildman–Crippen MR) is 53.2 cm³/mol. The van der Waals surface area contributed by atoms with Crippen molar-refractivity contribution in [2.45, 2.75) is 59.8 Å². The fraction of sp³-hybridized carbons (Fsp3) is 0.909. The van der Waals surface area contributed by atoms with Crippen molar-refractivity contribution in [3.63, 3.8) is 0 Å². The minimum atomic E-state index is 0.406. The van der Waals surface area contributed by atoms with E-state index in [0.29, 0.717) is 17.6 Å². The van der Waals surface area contributed by atoms with Gasteiger partial charge in [0, 0.05) is 12.8 Å². The van der Waals surface area contributed by atoms with Gasteiger partial charge in [-0.1, -0.05) is 34.1 Å². The number of unbranched alkanes of at least 4 members (excludes halogenated alkanes) is 1. The van der Waals surface area contributed by atoms with Gasteiger partial charge >= 0.3 is 0 Å². The van der Waals surface area contributed by atoms with Crippen molar-refractivity contribution >= 4 is 5.78 Å². The molecule has 0 aliphatic carbocycles. The molecule has 0 bridgehead atoms. The Labute approximate surface area is 76.6 Å². The molecule has 0 unspecified atom stereocenters. The zero-order chi connectivity index (χ0) is 9.61. The zero-order valence-corrected chi connectivity index (χ0v) is 8.94. The number of ketones is 1. The van der Waals surface area contributed by atoms with Gasteiger partial charge in [-0.05, 0) is 18.3 Å². The van der Waals surface area contributed by atoms with Crippen LogP contribution in [-0.2, 0) is 4.79 Å². The lowest BCUT2D eigenvalue weighted by Gasteiger charge is -2.17. The Bertz CT molecular complexity index is 130. The number of carbonyl (C=O) groups is 1. The molecule has 0 aliphatic rings. The van der Waals surface area contributed by atoms with Crippen molar-refractivity contribution in [2.24, 2.45) is 5.41 Å². The van der Waals surface area contributed by atoms with E-state index in [1.807, 2.05) is 6.92 Å². The van der Waals surface area contributed by atoms with Gasteiger partial charge < -0.3 is 0 Å². The molecule has 0 rings (SSSR count). The Hall–Kier alpha value is -0.330. The summed E-state index contributed by atoms with van der Waals surface area (Å²) in [4.78, 5) is 10.9. The Morgan fingerprint density at radius 3 is 2.17 bits per heavy atom. The van der Waals surface area contributed by atoms with Crippen LogP contribution in [0.15, 0.2) is 0 Å². The molecular weight excluding hydrogens is 148 g/mol. The summed E-state index contributed by atoms with van der Waals surface area (Å²) in [5, 5.41) is 0. The predicted octanol–water partition coefficient (Wildman–Crippen LogP) is 3.57. The maximum Gasteiger partial charge on any atom is 0.132 e. The van der Waals surface area contributed by atoms with Gasteiger partial charge in [-0.25, -0.2) is 0 Å². The van der Waals surface area contributed by atoms with Crippen LogP contribution in [0.3, 0.4) is 0 Å². The molecule has 0 saturated heterocycles. The molecule has 0 spiro atoms. The van der Waals surface area contributed by atoms with Gasteiger partial charge in [-0.3, -0.25) is 4.79 Å². The van der Waals surface area contributed by atoms with Crippen molar-refractivity contribution in [1.82, 2.24) is 0 Å². The molecule has 0 aromatic carbocycles. The third-order valence-corrected chi connectivity index (χ3v) is 2.03. The van der Waals surface area contributed by atoms with Gasteiger partial charge in [0.1, 0.15) is 5.78 Å². The Morgan fingerprint density at radius 1 is 1.17 bits per heavy atom. The third kappa shape index (κ3) is 7.77. The molecule has 0 saturated carbocycles. The molecule has 0 fully saturated rings. The van der Waals surface area contributed by atoms with Crippen LogP contribution in [-0.4, -0.2) is 5.78 Å². The minimum Gasteiger partial charge on any atom is -0.300 e. The highest BCUT2D eigenvalue weighted by molar-refractivity contribution is 5.77. The molecule has 0 amide bonds. The molecule has 0 aliphatic heterocycles. The van der Waals surface area contributed by atoms with E-state index in [9.17, 15) is 4.79 Å². The summed E-state index contributed by atoms with van der Waals surface area (Å²) in [7, 11) is 0. The normalized spacial score (nSPS) is 11.7. The summed E-state index contributed by atoms with van der Waals surface area (Å²) in [5.74, 6) is 0.406. The van der Waals surface area contributed by atoms with Gasteiger partial charge in [0.05, 0.1) is 0 Å². The van der Waals surface area contributed by atoms with Gasteiger partial charge in [-0.15, -0.1) is 0 Å². The average molecular weight is 170 g/mol. The van der Waals surface area contributed by atoms with Gasteiger partial charge in [-0.2, -0.15) is 0 Å². The summed E-state index contributed by atoms with van der Waals surface area (Å²) in [6.45, 7) is 8.67. The van der Waals surface area contributed by atoms with Crippen LogP contribution < -0.4 is 0 Å². The van der Waals surface area contributed by atoms with E-state index in [1.54, 1.807) is 0 Å². The van der Waals surface area contributed by atoms with Crippen molar-refractivity contribution in [3.05, 3.63) is 0 Å². The van der Waals surface area contributed by atoms with Crippen molar-refractivity contribution in [1.29, 1.82) is 0 Å². The van der Waals surface area contributed by atoms with Crippen LogP contribution in [0, 0.1) is 5.41 Å². The summed E-state index contributed by atoms with van der Waals surface area (Å²) < 4.78 is 0. The van der Waals surface area contributed by atoms with Gasteiger partial charge in [0.25, 0.3) is 0 Å². The number of rotatable bonds is 5. The summed E-state index contributed by atoms with van der Waals surface area (Å²) in [6.07, 6.45) is 4.98. The van der Waals surface area contributed by atoms with Crippen LogP contribution >= 0.6 is 0 Å². The summed E-state index contributed by atoms with van der Waals surface area (Å²) >= 11 is 0. The van der Waals surface area contributed by atoms with Crippen LogP contribution in [0.1, 0.15) is 59.8 Å². The van der Waals surface area contributed by atoms with Crippen LogP contribution in [0.25, 0.3) is 0 Å². The fourth-order valence-electron chi connectivity index (χ4n) is 1.15. The first-order valence-electron chi connectivity index (χ1n) is 4.97. The topological polar surface area (TPSA) is 17.1 Å². The Balaban J connectivity index is 3.28. The molecule has 72 valence electrons. The lowest BCUT2D eigenvalue weighted by atomic mass is 9.89. The van der Waals surface area contributed by atoms with Crippen molar-refractivity contribution < 1.29 is 4.79 Å². The second-order valence-electron chi connectivity index (χ2n) is 4.66. The molecule has 0 N–H and O–H groups in total. The molecule has 1 heteroatoms. The summed E-state index contributed by atoms with van der Waals surface area (Å²) in [6, 6.07) is 0. The van der Waals surface area contributed by atoms with E-state index >= 15 is 0 Å². The molecule has 0 aromatic rings.